The van der Waals surface area contributed by atoms with Crippen LogP contribution in [0.3, 0.4) is 0 Å². The van der Waals surface area contributed by atoms with E-state index >= 15 is 0 Å². The second kappa shape index (κ2) is 6.09. The zero-order valence-corrected chi connectivity index (χ0v) is 15.5. The number of fused-ring (bicyclic) bond motifs is 1. The van der Waals surface area contributed by atoms with Gasteiger partial charge in [0.2, 0.25) is 0 Å². The summed E-state index contributed by atoms with van der Waals surface area (Å²) in [6.07, 6.45) is 0.0767. The summed E-state index contributed by atoms with van der Waals surface area (Å²) in [4.78, 5) is 11.4. The summed E-state index contributed by atoms with van der Waals surface area (Å²) in [6.45, 7) is 5.49. The maximum absolute atomic E-state index is 14.5. The minimum atomic E-state index is -4.22. The van der Waals surface area contributed by atoms with Gasteiger partial charge in [-0.25, -0.2) is 17.6 Å². The predicted octanol–water partition coefficient (Wildman–Crippen LogP) is 3.33. The summed E-state index contributed by atoms with van der Waals surface area (Å²) in [5.41, 5.74) is 0.875. The third-order valence-corrected chi connectivity index (χ3v) is 6.33. The van der Waals surface area contributed by atoms with Gasteiger partial charge in [0.1, 0.15) is 11.9 Å². The molecule has 2 aromatic carbocycles. The lowest BCUT2D eigenvalue weighted by Crippen LogP contribution is -2.42. The summed E-state index contributed by atoms with van der Waals surface area (Å²) in [6, 6.07) is 9.14. The molecule has 0 bridgehead atoms. The normalized spacial score (nSPS) is 17.2. The van der Waals surface area contributed by atoms with E-state index in [1.807, 2.05) is 20.8 Å². The average molecular weight is 377 g/mol. The van der Waals surface area contributed by atoms with Gasteiger partial charge in [-0.2, -0.15) is 0 Å². The first-order chi connectivity index (χ1) is 12.0. The number of aliphatic carboxylic acids is 1. The fourth-order valence-electron chi connectivity index (χ4n) is 3.22. The summed E-state index contributed by atoms with van der Waals surface area (Å²) in [5.74, 6) is -1.87. The molecular weight excluding hydrogens is 357 g/mol. The molecule has 0 aliphatic carbocycles. The SMILES string of the molecule is CC(C)(C)c1ccc(S(=O)(=O)N2c3ccccc3CC2C(=O)O)cc1F. The van der Waals surface area contributed by atoms with Gasteiger partial charge in [-0.3, -0.25) is 4.31 Å². The van der Waals surface area contributed by atoms with Crippen molar-refractivity contribution in [3.63, 3.8) is 0 Å². The largest absolute Gasteiger partial charge is 0.480 e. The van der Waals surface area contributed by atoms with Gasteiger partial charge in [-0.1, -0.05) is 45.0 Å². The molecule has 1 N–H and O–H groups in total. The monoisotopic (exact) mass is 377 g/mol. The Balaban J connectivity index is 2.13. The summed E-state index contributed by atoms with van der Waals surface area (Å²) in [7, 11) is -4.22. The summed E-state index contributed by atoms with van der Waals surface area (Å²) in [5, 5.41) is 9.49. The fraction of sp³-hybridized carbons (Fsp3) is 0.316. The molecule has 26 heavy (non-hydrogen) atoms. The van der Waals surface area contributed by atoms with Crippen LogP contribution in [-0.4, -0.2) is 25.5 Å². The molecule has 1 aliphatic rings. The van der Waals surface area contributed by atoms with Crippen molar-refractivity contribution in [2.24, 2.45) is 0 Å². The molecule has 1 aliphatic heterocycles. The molecule has 1 heterocycles. The fourth-order valence-corrected chi connectivity index (χ4v) is 4.88. The highest BCUT2D eigenvalue weighted by Crippen LogP contribution is 2.37. The number of halogens is 1. The highest BCUT2D eigenvalue weighted by Gasteiger charge is 2.42. The van der Waals surface area contributed by atoms with Gasteiger partial charge in [0.15, 0.2) is 0 Å². The first kappa shape index (κ1) is 18.4. The molecule has 5 nitrogen and oxygen atoms in total. The van der Waals surface area contributed by atoms with Crippen LogP contribution in [0.25, 0.3) is 0 Å². The van der Waals surface area contributed by atoms with E-state index in [1.54, 1.807) is 24.3 Å². The lowest BCUT2D eigenvalue weighted by molar-refractivity contribution is -0.138. The van der Waals surface area contributed by atoms with Crippen LogP contribution in [-0.2, 0) is 26.7 Å². The van der Waals surface area contributed by atoms with Crippen LogP contribution in [0.15, 0.2) is 47.4 Å². The zero-order chi connectivity index (χ0) is 19.3. The van der Waals surface area contributed by atoms with Gasteiger partial charge >= 0.3 is 5.97 Å². The van der Waals surface area contributed by atoms with Crippen molar-refractivity contribution in [1.82, 2.24) is 0 Å². The number of rotatable bonds is 3. The quantitative estimate of drug-likeness (QED) is 0.890. The highest BCUT2D eigenvalue weighted by molar-refractivity contribution is 7.93. The Hall–Kier alpha value is -2.41. The van der Waals surface area contributed by atoms with E-state index in [0.29, 0.717) is 16.8 Å². The first-order valence-corrected chi connectivity index (χ1v) is 9.62. The van der Waals surface area contributed by atoms with Crippen molar-refractivity contribution in [2.75, 3.05) is 4.31 Å². The molecule has 138 valence electrons. The molecular formula is C19H20FNO4S. The van der Waals surface area contributed by atoms with Gasteiger partial charge in [0.05, 0.1) is 10.6 Å². The number of benzene rings is 2. The first-order valence-electron chi connectivity index (χ1n) is 8.18. The van der Waals surface area contributed by atoms with Crippen molar-refractivity contribution in [1.29, 1.82) is 0 Å². The third kappa shape index (κ3) is 2.96. The minimum Gasteiger partial charge on any atom is -0.480 e. The van der Waals surface area contributed by atoms with Crippen molar-refractivity contribution in [3.05, 3.63) is 59.4 Å². The number of anilines is 1. The molecule has 7 heteroatoms. The van der Waals surface area contributed by atoms with Gasteiger partial charge < -0.3 is 5.11 Å². The maximum atomic E-state index is 14.5. The van der Waals surface area contributed by atoms with Gasteiger partial charge in [-0.05, 0) is 34.7 Å². The number of hydrogen-bond donors (Lipinski definition) is 1. The number of carboxylic acids is 1. The Morgan fingerprint density at radius 2 is 1.85 bits per heavy atom. The Morgan fingerprint density at radius 1 is 1.19 bits per heavy atom. The van der Waals surface area contributed by atoms with E-state index < -0.39 is 33.3 Å². The lowest BCUT2D eigenvalue weighted by Gasteiger charge is -2.25. The van der Waals surface area contributed by atoms with Crippen molar-refractivity contribution in [3.8, 4) is 0 Å². The van der Waals surface area contributed by atoms with Crippen LogP contribution in [0.2, 0.25) is 0 Å². The van der Waals surface area contributed by atoms with Crippen LogP contribution >= 0.6 is 0 Å². The number of carboxylic acid groups (broad SMARTS) is 1. The Bertz CT molecular complexity index is 979. The summed E-state index contributed by atoms with van der Waals surface area (Å²) >= 11 is 0. The Morgan fingerprint density at radius 3 is 2.42 bits per heavy atom. The number of carbonyl (C=O) groups is 1. The molecule has 0 amide bonds. The van der Waals surface area contributed by atoms with E-state index in [4.69, 9.17) is 0 Å². The number of para-hydroxylation sites is 1. The van der Waals surface area contributed by atoms with E-state index in [0.717, 1.165) is 10.4 Å². The molecule has 0 fully saturated rings. The van der Waals surface area contributed by atoms with Crippen LogP contribution in [0.4, 0.5) is 10.1 Å². The molecule has 1 unspecified atom stereocenters. The van der Waals surface area contributed by atoms with E-state index in [2.05, 4.69) is 0 Å². The van der Waals surface area contributed by atoms with Crippen molar-refractivity contribution in [2.45, 2.75) is 43.5 Å². The summed E-state index contributed by atoms with van der Waals surface area (Å²) < 4.78 is 41.6. The molecule has 1 atom stereocenters. The molecule has 0 radical (unpaired) electrons. The molecule has 0 saturated carbocycles. The second-order valence-electron chi connectivity index (χ2n) is 7.38. The van der Waals surface area contributed by atoms with E-state index in [9.17, 15) is 22.7 Å². The minimum absolute atomic E-state index is 0.0767. The standard InChI is InChI=1S/C19H20FNO4S/c1-19(2,3)14-9-8-13(11-15(14)20)26(24,25)21-16-7-5-4-6-12(16)10-17(21)18(22)23/h4-9,11,17H,10H2,1-3H3,(H,22,23). The zero-order valence-electron chi connectivity index (χ0n) is 14.7. The number of nitrogens with zero attached hydrogens (tertiary/aromatic N) is 1. The lowest BCUT2D eigenvalue weighted by atomic mass is 9.87. The van der Waals surface area contributed by atoms with Gasteiger partial charge in [-0.15, -0.1) is 0 Å². The van der Waals surface area contributed by atoms with Crippen LogP contribution < -0.4 is 4.31 Å². The van der Waals surface area contributed by atoms with E-state index in [-0.39, 0.29) is 11.3 Å². The molecule has 0 spiro atoms. The Kier molecular flexibility index (Phi) is 4.30. The van der Waals surface area contributed by atoms with Crippen LogP contribution in [0.5, 0.6) is 0 Å². The van der Waals surface area contributed by atoms with E-state index in [1.165, 1.54) is 12.1 Å². The Labute approximate surface area is 152 Å². The number of sulfonamides is 1. The van der Waals surface area contributed by atoms with Gasteiger partial charge in [0, 0.05) is 6.42 Å². The second-order valence-corrected chi connectivity index (χ2v) is 9.19. The smallest absolute Gasteiger partial charge is 0.327 e. The molecule has 2 aromatic rings. The topological polar surface area (TPSA) is 74.7 Å². The molecule has 3 rings (SSSR count). The number of hydrogen-bond acceptors (Lipinski definition) is 3. The third-order valence-electron chi connectivity index (χ3n) is 4.52. The van der Waals surface area contributed by atoms with Crippen molar-refractivity contribution >= 4 is 21.7 Å². The van der Waals surface area contributed by atoms with Crippen LogP contribution in [0, 0.1) is 5.82 Å². The predicted molar refractivity (Wildman–Crippen MR) is 96.3 cm³/mol. The van der Waals surface area contributed by atoms with Crippen molar-refractivity contribution < 1.29 is 22.7 Å². The maximum Gasteiger partial charge on any atom is 0.327 e. The molecule has 0 saturated heterocycles. The van der Waals surface area contributed by atoms with Gasteiger partial charge in [0.25, 0.3) is 10.0 Å². The molecule has 0 aromatic heterocycles. The highest BCUT2D eigenvalue weighted by atomic mass is 32.2. The average Bonchev–Trinajstić information content (AvgIpc) is 2.94. The van der Waals surface area contributed by atoms with Crippen LogP contribution in [0.1, 0.15) is 31.9 Å².